The van der Waals surface area contributed by atoms with Crippen LogP contribution >= 0.6 is 11.6 Å². The van der Waals surface area contributed by atoms with Gasteiger partial charge in [0.05, 0.1) is 18.6 Å². The summed E-state index contributed by atoms with van der Waals surface area (Å²) in [6, 6.07) is 16.1. The number of ether oxygens (including phenoxy) is 1. The maximum absolute atomic E-state index is 9.34. The first-order chi connectivity index (χ1) is 10.6. The van der Waals surface area contributed by atoms with Gasteiger partial charge in [0.25, 0.3) is 0 Å². The standard InChI is InChI=1S/C19H20ClNO/c1-14-10-15(2)12-17(11-14)22-9-5-6-16(13-21)18-7-3-4-8-19(18)20/h3-4,7-8,10-12,16H,5-6,9H2,1-2H3. The van der Waals surface area contributed by atoms with Gasteiger partial charge in [-0.1, -0.05) is 35.9 Å². The molecule has 2 aromatic carbocycles. The van der Waals surface area contributed by atoms with Gasteiger partial charge in [0.15, 0.2) is 0 Å². The van der Waals surface area contributed by atoms with Gasteiger partial charge in [-0.05, 0) is 61.6 Å². The zero-order chi connectivity index (χ0) is 15.9. The summed E-state index contributed by atoms with van der Waals surface area (Å²) in [6.45, 7) is 4.72. The summed E-state index contributed by atoms with van der Waals surface area (Å²) in [5.74, 6) is 0.709. The molecular formula is C19H20ClNO. The van der Waals surface area contributed by atoms with Crippen LogP contribution in [-0.4, -0.2) is 6.61 Å². The Labute approximate surface area is 137 Å². The zero-order valence-corrected chi connectivity index (χ0v) is 13.7. The fraction of sp³-hybridized carbons (Fsp3) is 0.316. The second-order valence-corrected chi connectivity index (χ2v) is 5.92. The SMILES string of the molecule is Cc1cc(C)cc(OCCCC(C#N)c2ccccc2Cl)c1. The summed E-state index contributed by atoms with van der Waals surface area (Å²) in [4.78, 5) is 0. The maximum Gasteiger partial charge on any atom is 0.119 e. The molecule has 0 aromatic heterocycles. The van der Waals surface area contributed by atoms with Crippen molar-refractivity contribution in [3.63, 3.8) is 0 Å². The Balaban J connectivity index is 1.87. The second kappa shape index (κ2) is 7.87. The third-order valence-electron chi connectivity index (χ3n) is 3.54. The van der Waals surface area contributed by atoms with Crippen LogP contribution < -0.4 is 4.74 Å². The van der Waals surface area contributed by atoms with Gasteiger partial charge in [-0.2, -0.15) is 5.26 Å². The average molecular weight is 314 g/mol. The van der Waals surface area contributed by atoms with Crippen molar-refractivity contribution in [1.82, 2.24) is 0 Å². The van der Waals surface area contributed by atoms with Gasteiger partial charge < -0.3 is 4.74 Å². The van der Waals surface area contributed by atoms with E-state index in [2.05, 4.69) is 26.0 Å². The molecule has 1 atom stereocenters. The molecule has 22 heavy (non-hydrogen) atoms. The van der Waals surface area contributed by atoms with Gasteiger partial charge in [0, 0.05) is 5.02 Å². The molecule has 0 heterocycles. The number of nitrogens with zero attached hydrogens (tertiary/aromatic N) is 1. The molecule has 0 N–H and O–H groups in total. The summed E-state index contributed by atoms with van der Waals surface area (Å²) in [5.41, 5.74) is 3.29. The zero-order valence-electron chi connectivity index (χ0n) is 13.0. The van der Waals surface area contributed by atoms with Crippen LogP contribution in [0.3, 0.4) is 0 Å². The lowest BCUT2D eigenvalue weighted by atomic mass is 9.96. The van der Waals surface area contributed by atoms with Gasteiger partial charge in [-0.3, -0.25) is 0 Å². The molecule has 0 saturated heterocycles. The summed E-state index contributed by atoms with van der Waals surface area (Å²) >= 11 is 6.16. The van der Waals surface area contributed by atoms with Crippen LogP contribution in [0.25, 0.3) is 0 Å². The van der Waals surface area contributed by atoms with Gasteiger partial charge >= 0.3 is 0 Å². The van der Waals surface area contributed by atoms with Crippen LogP contribution in [0.4, 0.5) is 0 Å². The Morgan fingerprint density at radius 3 is 2.45 bits per heavy atom. The van der Waals surface area contributed by atoms with Gasteiger partial charge in [-0.25, -0.2) is 0 Å². The lowest BCUT2D eigenvalue weighted by Gasteiger charge is -2.12. The summed E-state index contributed by atoms with van der Waals surface area (Å²) < 4.78 is 5.79. The summed E-state index contributed by atoms with van der Waals surface area (Å²) in [7, 11) is 0. The van der Waals surface area contributed by atoms with E-state index in [0.717, 1.165) is 24.2 Å². The van der Waals surface area contributed by atoms with E-state index in [0.29, 0.717) is 11.6 Å². The van der Waals surface area contributed by atoms with Crippen molar-refractivity contribution in [1.29, 1.82) is 5.26 Å². The number of benzene rings is 2. The molecule has 0 amide bonds. The summed E-state index contributed by atoms with van der Waals surface area (Å²) in [6.07, 6.45) is 1.56. The Bertz CT molecular complexity index is 655. The van der Waals surface area contributed by atoms with E-state index in [4.69, 9.17) is 16.3 Å². The highest BCUT2D eigenvalue weighted by atomic mass is 35.5. The largest absolute Gasteiger partial charge is 0.494 e. The van der Waals surface area contributed by atoms with Gasteiger partial charge in [-0.15, -0.1) is 0 Å². The minimum atomic E-state index is -0.184. The minimum absolute atomic E-state index is 0.184. The Morgan fingerprint density at radius 1 is 1.14 bits per heavy atom. The highest BCUT2D eigenvalue weighted by Crippen LogP contribution is 2.27. The molecule has 114 valence electrons. The van der Waals surface area contributed by atoms with Crippen molar-refractivity contribution in [2.24, 2.45) is 0 Å². The van der Waals surface area contributed by atoms with E-state index < -0.39 is 0 Å². The van der Waals surface area contributed by atoms with Crippen molar-refractivity contribution >= 4 is 11.6 Å². The Morgan fingerprint density at radius 2 is 1.82 bits per heavy atom. The number of halogens is 1. The molecule has 0 bridgehead atoms. The van der Waals surface area contributed by atoms with E-state index in [1.54, 1.807) is 0 Å². The first-order valence-electron chi connectivity index (χ1n) is 7.45. The van der Waals surface area contributed by atoms with Crippen molar-refractivity contribution in [3.05, 3.63) is 64.2 Å². The number of hydrogen-bond donors (Lipinski definition) is 0. The molecule has 0 saturated carbocycles. The van der Waals surface area contributed by atoms with Crippen LogP contribution in [0, 0.1) is 25.2 Å². The lowest BCUT2D eigenvalue weighted by Crippen LogP contribution is -2.03. The molecule has 0 spiro atoms. The van der Waals surface area contributed by atoms with E-state index in [-0.39, 0.29) is 5.92 Å². The van der Waals surface area contributed by atoms with Crippen LogP contribution in [0.1, 0.15) is 35.4 Å². The normalized spacial score (nSPS) is 11.7. The van der Waals surface area contributed by atoms with Crippen LogP contribution in [0.15, 0.2) is 42.5 Å². The monoisotopic (exact) mass is 313 g/mol. The van der Waals surface area contributed by atoms with Crippen LogP contribution in [-0.2, 0) is 0 Å². The lowest BCUT2D eigenvalue weighted by molar-refractivity contribution is 0.304. The first kappa shape index (κ1) is 16.4. The molecule has 3 heteroatoms. The second-order valence-electron chi connectivity index (χ2n) is 5.52. The third kappa shape index (κ3) is 4.51. The Hall–Kier alpha value is -1.98. The molecule has 0 aliphatic heterocycles. The van der Waals surface area contributed by atoms with E-state index in [1.165, 1.54) is 11.1 Å². The highest BCUT2D eigenvalue weighted by Gasteiger charge is 2.13. The molecule has 2 nitrogen and oxygen atoms in total. The maximum atomic E-state index is 9.34. The van der Waals surface area contributed by atoms with Crippen molar-refractivity contribution in [3.8, 4) is 11.8 Å². The third-order valence-corrected chi connectivity index (χ3v) is 3.88. The van der Waals surface area contributed by atoms with Crippen LogP contribution in [0.5, 0.6) is 5.75 Å². The molecule has 1 unspecified atom stereocenters. The smallest absolute Gasteiger partial charge is 0.119 e. The quantitative estimate of drug-likeness (QED) is 0.667. The number of aryl methyl sites for hydroxylation is 2. The molecule has 2 aromatic rings. The van der Waals surface area contributed by atoms with E-state index >= 15 is 0 Å². The number of hydrogen-bond acceptors (Lipinski definition) is 2. The van der Waals surface area contributed by atoms with Crippen LogP contribution in [0.2, 0.25) is 5.02 Å². The molecule has 2 rings (SSSR count). The molecule has 0 aliphatic rings. The van der Waals surface area contributed by atoms with Crippen molar-refractivity contribution in [2.75, 3.05) is 6.61 Å². The predicted octanol–water partition coefficient (Wildman–Crippen LogP) is 5.42. The number of rotatable bonds is 6. The van der Waals surface area contributed by atoms with Gasteiger partial charge in [0.1, 0.15) is 5.75 Å². The van der Waals surface area contributed by atoms with Crippen molar-refractivity contribution in [2.45, 2.75) is 32.6 Å². The molecule has 0 aliphatic carbocycles. The fourth-order valence-electron chi connectivity index (χ4n) is 2.54. The highest BCUT2D eigenvalue weighted by molar-refractivity contribution is 6.31. The van der Waals surface area contributed by atoms with E-state index in [9.17, 15) is 5.26 Å². The van der Waals surface area contributed by atoms with Crippen molar-refractivity contribution < 1.29 is 4.74 Å². The topological polar surface area (TPSA) is 33.0 Å². The fourth-order valence-corrected chi connectivity index (χ4v) is 2.81. The molecule has 0 radical (unpaired) electrons. The minimum Gasteiger partial charge on any atom is -0.494 e. The van der Waals surface area contributed by atoms with Gasteiger partial charge in [0.2, 0.25) is 0 Å². The predicted molar refractivity (Wildman–Crippen MR) is 90.5 cm³/mol. The average Bonchev–Trinajstić information content (AvgIpc) is 2.47. The molecule has 0 fully saturated rings. The van der Waals surface area contributed by atoms with E-state index in [1.807, 2.05) is 36.4 Å². The summed E-state index contributed by atoms with van der Waals surface area (Å²) in [5, 5.41) is 10.0. The number of nitriles is 1. The Kier molecular flexibility index (Phi) is 5.86. The first-order valence-corrected chi connectivity index (χ1v) is 7.83. The molecular weight excluding hydrogens is 294 g/mol.